The minimum atomic E-state index is -0.881. The van der Waals surface area contributed by atoms with Gasteiger partial charge in [-0.2, -0.15) is 0 Å². The second-order valence-electron chi connectivity index (χ2n) is 3.68. The molecular formula is C13H16O4. The van der Waals surface area contributed by atoms with E-state index in [9.17, 15) is 9.59 Å². The molecular weight excluding hydrogens is 220 g/mol. The number of hydrogen-bond donors (Lipinski definition) is 1. The summed E-state index contributed by atoms with van der Waals surface area (Å²) < 4.78 is 4.95. The van der Waals surface area contributed by atoms with Crippen LogP contribution in [0.3, 0.4) is 0 Å². The maximum atomic E-state index is 11.5. The summed E-state index contributed by atoms with van der Waals surface area (Å²) >= 11 is 0. The van der Waals surface area contributed by atoms with Gasteiger partial charge in [-0.3, -0.25) is 4.79 Å². The van der Waals surface area contributed by atoms with Gasteiger partial charge in [0, 0.05) is 6.42 Å². The van der Waals surface area contributed by atoms with Crippen molar-refractivity contribution in [3.05, 3.63) is 35.4 Å². The van der Waals surface area contributed by atoms with Gasteiger partial charge >= 0.3 is 11.9 Å². The molecule has 0 bridgehead atoms. The van der Waals surface area contributed by atoms with Gasteiger partial charge in [-0.15, -0.1) is 0 Å². The summed E-state index contributed by atoms with van der Waals surface area (Å²) in [6, 6.07) is 7.21. The van der Waals surface area contributed by atoms with Gasteiger partial charge in [0.2, 0.25) is 0 Å². The highest BCUT2D eigenvalue weighted by atomic mass is 16.5. The molecule has 4 heteroatoms. The lowest BCUT2D eigenvalue weighted by Crippen LogP contribution is -2.07. The number of aliphatic carboxylic acids is 1. The summed E-state index contributed by atoms with van der Waals surface area (Å²) in [5.41, 5.74) is 1.66. The van der Waals surface area contributed by atoms with Crippen molar-refractivity contribution < 1.29 is 19.4 Å². The molecule has 0 aliphatic heterocycles. The van der Waals surface area contributed by atoms with E-state index in [-0.39, 0.29) is 13.0 Å². The quantitative estimate of drug-likeness (QED) is 0.608. The molecule has 1 aromatic rings. The maximum Gasteiger partial charge on any atom is 0.338 e. The van der Waals surface area contributed by atoms with Crippen molar-refractivity contribution in [3.63, 3.8) is 0 Å². The van der Waals surface area contributed by atoms with Gasteiger partial charge in [-0.05, 0) is 30.5 Å². The fourth-order valence-electron chi connectivity index (χ4n) is 1.35. The molecule has 1 rings (SSSR count). The van der Waals surface area contributed by atoms with Crippen molar-refractivity contribution in [2.75, 3.05) is 6.61 Å². The van der Waals surface area contributed by atoms with Crippen molar-refractivity contribution in [3.8, 4) is 0 Å². The van der Waals surface area contributed by atoms with E-state index < -0.39 is 11.9 Å². The predicted molar refractivity (Wildman–Crippen MR) is 63.0 cm³/mol. The average Bonchev–Trinajstić information content (AvgIpc) is 2.34. The lowest BCUT2D eigenvalue weighted by Gasteiger charge is -2.04. The van der Waals surface area contributed by atoms with Crippen LogP contribution in [0.5, 0.6) is 0 Å². The van der Waals surface area contributed by atoms with E-state index in [1.54, 1.807) is 12.1 Å². The molecule has 17 heavy (non-hydrogen) atoms. The monoisotopic (exact) mass is 236 g/mol. The Bertz CT molecular complexity index is 381. The second-order valence-corrected chi connectivity index (χ2v) is 3.68. The van der Waals surface area contributed by atoms with Gasteiger partial charge in [0.25, 0.3) is 0 Å². The van der Waals surface area contributed by atoms with E-state index in [0.29, 0.717) is 12.0 Å². The fraction of sp³-hybridized carbons (Fsp3) is 0.385. The lowest BCUT2D eigenvalue weighted by atomic mass is 10.1. The van der Waals surface area contributed by atoms with Crippen LogP contribution in [0.15, 0.2) is 24.3 Å². The zero-order valence-electron chi connectivity index (χ0n) is 9.81. The first kappa shape index (κ1) is 13.2. The van der Waals surface area contributed by atoms with Crippen LogP contribution in [0.25, 0.3) is 0 Å². The number of rotatable bonds is 6. The Kier molecular flexibility index (Phi) is 5.20. The van der Waals surface area contributed by atoms with E-state index in [4.69, 9.17) is 9.84 Å². The Morgan fingerprint density at radius 3 is 2.41 bits per heavy atom. The predicted octanol–water partition coefficient (Wildman–Crippen LogP) is 2.27. The van der Waals surface area contributed by atoms with Crippen molar-refractivity contribution in [2.24, 2.45) is 0 Å². The maximum absolute atomic E-state index is 11.5. The largest absolute Gasteiger partial charge is 0.481 e. The van der Waals surface area contributed by atoms with E-state index in [2.05, 4.69) is 0 Å². The number of aryl methyl sites for hydroxylation is 1. The van der Waals surface area contributed by atoms with Crippen molar-refractivity contribution in [2.45, 2.75) is 26.2 Å². The third kappa shape index (κ3) is 4.68. The summed E-state index contributed by atoms with van der Waals surface area (Å²) in [5, 5.41) is 8.41. The van der Waals surface area contributed by atoms with Crippen LogP contribution in [0.2, 0.25) is 0 Å². The minimum absolute atomic E-state index is 0.0159. The van der Waals surface area contributed by atoms with E-state index in [0.717, 1.165) is 12.0 Å². The summed E-state index contributed by atoms with van der Waals surface area (Å²) in [4.78, 5) is 21.8. The number of esters is 1. The Morgan fingerprint density at radius 1 is 1.24 bits per heavy atom. The Hall–Kier alpha value is -1.84. The van der Waals surface area contributed by atoms with Crippen LogP contribution >= 0.6 is 0 Å². The number of benzene rings is 1. The topological polar surface area (TPSA) is 63.6 Å². The van der Waals surface area contributed by atoms with Gasteiger partial charge in [-0.1, -0.05) is 19.1 Å². The first-order valence-corrected chi connectivity index (χ1v) is 5.61. The van der Waals surface area contributed by atoms with E-state index in [1.165, 1.54) is 0 Å². The smallest absolute Gasteiger partial charge is 0.338 e. The highest BCUT2D eigenvalue weighted by molar-refractivity contribution is 5.89. The Balaban J connectivity index is 2.38. The zero-order valence-corrected chi connectivity index (χ0v) is 9.81. The van der Waals surface area contributed by atoms with Gasteiger partial charge in [-0.25, -0.2) is 4.79 Å². The third-order valence-corrected chi connectivity index (χ3v) is 2.37. The van der Waals surface area contributed by atoms with Gasteiger partial charge in [0.1, 0.15) is 0 Å². The lowest BCUT2D eigenvalue weighted by molar-refractivity contribution is -0.137. The summed E-state index contributed by atoms with van der Waals surface area (Å²) in [7, 11) is 0. The van der Waals surface area contributed by atoms with Gasteiger partial charge in [0.15, 0.2) is 0 Å². The molecule has 0 saturated heterocycles. The first-order chi connectivity index (χ1) is 8.13. The summed E-state index contributed by atoms with van der Waals surface area (Å²) in [6.07, 6.45) is 1.28. The number of carbonyl (C=O) groups excluding carboxylic acids is 1. The number of ether oxygens (including phenoxy) is 1. The molecule has 0 heterocycles. The molecule has 0 atom stereocenters. The first-order valence-electron chi connectivity index (χ1n) is 5.61. The molecule has 0 amide bonds. The van der Waals surface area contributed by atoms with Crippen molar-refractivity contribution in [1.82, 2.24) is 0 Å². The molecule has 4 nitrogen and oxygen atoms in total. The van der Waals surface area contributed by atoms with Crippen LogP contribution in [-0.4, -0.2) is 23.7 Å². The van der Waals surface area contributed by atoms with Crippen LogP contribution in [0.1, 0.15) is 35.7 Å². The highest BCUT2D eigenvalue weighted by Crippen LogP contribution is 2.06. The Morgan fingerprint density at radius 2 is 1.88 bits per heavy atom. The minimum Gasteiger partial charge on any atom is -0.481 e. The van der Waals surface area contributed by atoms with Crippen LogP contribution in [0.4, 0.5) is 0 Å². The standard InChI is InChI=1S/C13H16O4/c1-2-10-5-7-11(8-6-10)13(16)17-9-3-4-12(14)15/h5-8H,2-4,9H2,1H3,(H,14,15). The van der Waals surface area contributed by atoms with Crippen molar-refractivity contribution in [1.29, 1.82) is 0 Å². The molecule has 0 radical (unpaired) electrons. The molecule has 0 spiro atoms. The van der Waals surface area contributed by atoms with Crippen LogP contribution < -0.4 is 0 Å². The second kappa shape index (κ2) is 6.68. The Labute approximate surface area is 100 Å². The molecule has 92 valence electrons. The van der Waals surface area contributed by atoms with Crippen LogP contribution in [-0.2, 0) is 16.0 Å². The van der Waals surface area contributed by atoms with E-state index >= 15 is 0 Å². The number of carboxylic acids is 1. The molecule has 1 aromatic carbocycles. The fourth-order valence-corrected chi connectivity index (χ4v) is 1.35. The molecule has 0 aliphatic carbocycles. The number of carbonyl (C=O) groups is 2. The summed E-state index contributed by atoms with van der Waals surface area (Å²) in [6.45, 7) is 2.18. The zero-order chi connectivity index (χ0) is 12.7. The summed E-state index contributed by atoms with van der Waals surface area (Å²) in [5.74, 6) is -1.29. The number of hydrogen-bond acceptors (Lipinski definition) is 3. The van der Waals surface area contributed by atoms with Crippen molar-refractivity contribution >= 4 is 11.9 Å². The normalized spacial score (nSPS) is 9.94. The van der Waals surface area contributed by atoms with Gasteiger partial charge in [0.05, 0.1) is 12.2 Å². The molecule has 0 unspecified atom stereocenters. The van der Waals surface area contributed by atoms with Gasteiger partial charge < -0.3 is 9.84 Å². The molecule has 0 aliphatic rings. The molecule has 0 fully saturated rings. The SMILES string of the molecule is CCc1ccc(C(=O)OCCCC(=O)O)cc1. The molecule has 0 saturated carbocycles. The highest BCUT2D eigenvalue weighted by Gasteiger charge is 2.06. The van der Waals surface area contributed by atoms with E-state index in [1.807, 2.05) is 19.1 Å². The molecule has 0 aromatic heterocycles. The number of carboxylic acid groups (broad SMARTS) is 1. The average molecular weight is 236 g/mol. The third-order valence-electron chi connectivity index (χ3n) is 2.37. The molecule has 1 N–H and O–H groups in total. The van der Waals surface area contributed by atoms with Crippen LogP contribution in [0, 0.1) is 0 Å².